The van der Waals surface area contributed by atoms with E-state index in [0.29, 0.717) is 11.5 Å². The summed E-state index contributed by atoms with van der Waals surface area (Å²) >= 11 is 5.58. The van der Waals surface area contributed by atoms with Crippen molar-refractivity contribution < 1.29 is 18.0 Å². The monoisotopic (exact) mass is 329 g/mol. The molecule has 0 saturated carbocycles. The Morgan fingerprint density at radius 1 is 1.18 bits per heavy atom. The molecule has 0 fully saturated rings. The summed E-state index contributed by atoms with van der Waals surface area (Å²) in [5.41, 5.74) is -0.857. The number of rotatable bonds is 2. The van der Waals surface area contributed by atoms with Gasteiger partial charge in [-0.3, -0.25) is 4.79 Å². The maximum Gasteiger partial charge on any atom is 0.418 e. The summed E-state index contributed by atoms with van der Waals surface area (Å²) in [4.78, 5) is 20.0. The molecule has 0 saturated heterocycles. The lowest BCUT2D eigenvalue weighted by atomic mass is 10.1. The van der Waals surface area contributed by atoms with Gasteiger partial charge >= 0.3 is 6.18 Å². The van der Waals surface area contributed by atoms with Gasteiger partial charge in [-0.15, -0.1) is 0 Å². The van der Waals surface area contributed by atoms with Crippen molar-refractivity contribution in [2.75, 3.05) is 5.32 Å². The van der Waals surface area contributed by atoms with E-state index in [1.165, 1.54) is 12.1 Å². The number of amides is 1. The Kier molecular flexibility index (Phi) is 4.37. The van der Waals surface area contributed by atoms with Crippen LogP contribution in [0.15, 0.2) is 24.3 Å². The van der Waals surface area contributed by atoms with E-state index < -0.39 is 17.6 Å². The molecule has 1 N–H and O–H groups in total. The number of alkyl halides is 3. The fourth-order valence-electron chi connectivity index (χ4n) is 1.88. The number of halogens is 4. The highest BCUT2D eigenvalue weighted by Gasteiger charge is 2.34. The van der Waals surface area contributed by atoms with Gasteiger partial charge in [0.15, 0.2) is 0 Å². The summed E-state index contributed by atoms with van der Waals surface area (Å²) in [7, 11) is 0. The number of aromatic nitrogens is 2. The zero-order valence-corrected chi connectivity index (χ0v) is 12.4. The Morgan fingerprint density at radius 3 is 2.45 bits per heavy atom. The molecule has 0 aliphatic heterocycles. The van der Waals surface area contributed by atoms with E-state index in [1.807, 2.05) is 0 Å². The Bertz CT molecular complexity index is 712. The SMILES string of the molecule is Cc1cc(C(=O)Nc2ccc(Cl)cc2C(F)(F)F)nc(C)n1. The maximum absolute atomic E-state index is 13.0. The predicted octanol–water partition coefficient (Wildman–Crippen LogP) is 4.02. The Balaban J connectivity index is 2.36. The second kappa shape index (κ2) is 5.92. The first-order valence-corrected chi connectivity index (χ1v) is 6.55. The van der Waals surface area contributed by atoms with Crippen LogP contribution in [0.4, 0.5) is 18.9 Å². The summed E-state index contributed by atoms with van der Waals surface area (Å²) in [6.45, 7) is 3.25. The number of nitrogens with zero attached hydrogens (tertiary/aromatic N) is 2. The van der Waals surface area contributed by atoms with Crippen molar-refractivity contribution >= 4 is 23.2 Å². The first-order chi connectivity index (χ1) is 10.2. The molecule has 1 heterocycles. The Labute approximate surface area is 129 Å². The van der Waals surface area contributed by atoms with Gasteiger partial charge in [0, 0.05) is 10.7 Å². The molecule has 22 heavy (non-hydrogen) atoms. The highest BCUT2D eigenvalue weighted by molar-refractivity contribution is 6.30. The predicted molar refractivity (Wildman–Crippen MR) is 75.9 cm³/mol. The van der Waals surface area contributed by atoms with Gasteiger partial charge in [-0.1, -0.05) is 11.6 Å². The molecule has 4 nitrogen and oxygen atoms in total. The van der Waals surface area contributed by atoms with Gasteiger partial charge in [0.05, 0.1) is 11.3 Å². The molecule has 2 rings (SSSR count). The second-order valence-corrected chi connectivity index (χ2v) is 5.02. The molecule has 0 aliphatic rings. The zero-order valence-electron chi connectivity index (χ0n) is 11.6. The molecule has 1 aromatic heterocycles. The third kappa shape index (κ3) is 3.73. The van der Waals surface area contributed by atoms with Crippen LogP contribution in [-0.4, -0.2) is 15.9 Å². The van der Waals surface area contributed by atoms with Crippen LogP contribution in [-0.2, 0) is 6.18 Å². The fraction of sp³-hybridized carbons (Fsp3) is 0.214. The summed E-state index contributed by atoms with van der Waals surface area (Å²) in [5.74, 6) is -0.390. The van der Waals surface area contributed by atoms with E-state index in [2.05, 4.69) is 15.3 Å². The number of benzene rings is 1. The average Bonchev–Trinajstić information content (AvgIpc) is 2.38. The first-order valence-electron chi connectivity index (χ1n) is 6.17. The fourth-order valence-corrected chi connectivity index (χ4v) is 2.05. The topological polar surface area (TPSA) is 54.9 Å². The second-order valence-electron chi connectivity index (χ2n) is 4.58. The normalized spacial score (nSPS) is 11.4. The lowest BCUT2D eigenvalue weighted by molar-refractivity contribution is -0.136. The summed E-state index contributed by atoms with van der Waals surface area (Å²) in [6, 6.07) is 4.52. The van der Waals surface area contributed by atoms with Crippen LogP contribution in [0.25, 0.3) is 0 Å². The quantitative estimate of drug-likeness (QED) is 0.905. The van der Waals surface area contributed by atoms with Crippen LogP contribution in [0.5, 0.6) is 0 Å². The van der Waals surface area contributed by atoms with Crippen LogP contribution in [0.3, 0.4) is 0 Å². The zero-order chi connectivity index (χ0) is 16.5. The minimum atomic E-state index is -4.63. The molecule has 0 spiro atoms. The molecule has 1 aromatic carbocycles. The molecule has 8 heteroatoms. The van der Waals surface area contributed by atoms with E-state index >= 15 is 0 Å². The van der Waals surface area contributed by atoms with Crippen LogP contribution >= 0.6 is 11.6 Å². The van der Waals surface area contributed by atoms with Crippen molar-refractivity contribution in [2.24, 2.45) is 0 Å². The van der Waals surface area contributed by atoms with Crippen LogP contribution in [0, 0.1) is 13.8 Å². The molecule has 0 bridgehead atoms. The molecule has 0 atom stereocenters. The van der Waals surface area contributed by atoms with E-state index in [-0.39, 0.29) is 16.4 Å². The summed E-state index contributed by atoms with van der Waals surface area (Å²) in [5, 5.41) is 2.14. The van der Waals surface area contributed by atoms with Crippen molar-refractivity contribution in [2.45, 2.75) is 20.0 Å². The molecule has 2 aromatic rings. The Hall–Kier alpha value is -2.15. The lowest BCUT2D eigenvalue weighted by Crippen LogP contribution is -2.18. The van der Waals surface area contributed by atoms with Crippen LogP contribution in [0.2, 0.25) is 5.02 Å². The minimum absolute atomic E-state index is 0.00641. The molecule has 0 radical (unpaired) electrons. The summed E-state index contributed by atoms with van der Waals surface area (Å²) < 4.78 is 38.9. The number of anilines is 1. The first kappa shape index (κ1) is 16.2. The standard InChI is InChI=1S/C14H11ClF3N3O/c1-7-5-12(20-8(2)19-7)13(22)21-11-4-3-9(15)6-10(11)14(16,17)18/h3-6H,1-2H3,(H,21,22). The minimum Gasteiger partial charge on any atom is -0.320 e. The largest absolute Gasteiger partial charge is 0.418 e. The van der Waals surface area contributed by atoms with Crippen LogP contribution in [0.1, 0.15) is 27.6 Å². The van der Waals surface area contributed by atoms with Gasteiger partial charge in [0.25, 0.3) is 5.91 Å². The third-order valence-corrected chi connectivity index (χ3v) is 2.97. The van der Waals surface area contributed by atoms with Crippen molar-refractivity contribution in [3.05, 3.63) is 52.1 Å². The number of aryl methyl sites for hydroxylation is 2. The number of carbonyl (C=O) groups excluding carboxylic acids is 1. The average molecular weight is 330 g/mol. The number of carbonyl (C=O) groups is 1. The van der Waals surface area contributed by atoms with E-state index in [4.69, 9.17) is 11.6 Å². The molecule has 116 valence electrons. The number of nitrogens with one attached hydrogen (secondary N) is 1. The highest BCUT2D eigenvalue weighted by Crippen LogP contribution is 2.36. The van der Waals surface area contributed by atoms with Crippen LogP contribution < -0.4 is 5.32 Å². The molecular formula is C14H11ClF3N3O. The molecule has 1 amide bonds. The lowest BCUT2D eigenvalue weighted by Gasteiger charge is -2.14. The molecular weight excluding hydrogens is 319 g/mol. The maximum atomic E-state index is 13.0. The molecule has 0 aliphatic carbocycles. The van der Waals surface area contributed by atoms with E-state index in [9.17, 15) is 18.0 Å². The van der Waals surface area contributed by atoms with Crippen molar-refractivity contribution in [3.63, 3.8) is 0 Å². The number of hydrogen-bond donors (Lipinski definition) is 1. The van der Waals surface area contributed by atoms with Gasteiger partial charge in [-0.2, -0.15) is 13.2 Å². The smallest absolute Gasteiger partial charge is 0.320 e. The van der Waals surface area contributed by atoms with Gasteiger partial charge < -0.3 is 5.32 Å². The van der Waals surface area contributed by atoms with Crippen molar-refractivity contribution in [1.82, 2.24) is 9.97 Å². The van der Waals surface area contributed by atoms with E-state index in [0.717, 1.165) is 12.1 Å². The number of hydrogen-bond acceptors (Lipinski definition) is 3. The van der Waals surface area contributed by atoms with Gasteiger partial charge in [-0.05, 0) is 38.1 Å². The molecule has 0 unspecified atom stereocenters. The Morgan fingerprint density at radius 2 is 1.86 bits per heavy atom. The summed E-state index contributed by atoms with van der Waals surface area (Å²) in [6.07, 6.45) is -4.63. The van der Waals surface area contributed by atoms with Gasteiger partial charge in [-0.25, -0.2) is 9.97 Å². The van der Waals surface area contributed by atoms with Crippen molar-refractivity contribution in [3.8, 4) is 0 Å². The highest BCUT2D eigenvalue weighted by atomic mass is 35.5. The van der Waals surface area contributed by atoms with Crippen molar-refractivity contribution in [1.29, 1.82) is 0 Å². The van der Waals surface area contributed by atoms with Gasteiger partial charge in [0.2, 0.25) is 0 Å². The van der Waals surface area contributed by atoms with E-state index in [1.54, 1.807) is 13.8 Å². The third-order valence-electron chi connectivity index (χ3n) is 2.73. The van der Waals surface area contributed by atoms with Gasteiger partial charge in [0.1, 0.15) is 11.5 Å².